The van der Waals surface area contributed by atoms with E-state index in [1.54, 1.807) is 40.9 Å². The number of fused-ring (bicyclic) bond motifs is 2. The van der Waals surface area contributed by atoms with Crippen molar-refractivity contribution >= 4 is 38.5 Å². The van der Waals surface area contributed by atoms with Gasteiger partial charge < -0.3 is 20.1 Å². The highest BCUT2D eigenvalue weighted by atomic mass is 32.2. The molecule has 6 rings (SSSR count). The van der Waals surface area contributed by atoms with Crippen LogP contribution in [0.25, 0.3) is 22.2 Å². The topological polar surface area (TPSA) is 148 Å². The molecule has 11 nitrogen and oxygen atoms in total. The number of aromatic nitrogens is 2. The number of nitrogens with two attached hydrogens (primary N) is 1. The molecule has 12 heteroatoms. The van der Waals surface area contributed by atoms with E-state index < -0.39 is 15.9 Å². The van der Waals surface area contributed by atoms with E-state index in [2.05, 4.69) is 18.6 Å². The van der Waals surface area contributed by atoms with Crippen molar-refractivity contribution in [3.05, 3.63) is 119 Å². The number of rotatable bonds is 13. The maximum Gasteiger partial charge on any atom is 0.274 e. The highest BCUT2D eigenvalue weighted by molar-refractivity contribution is 7.90. The maximum absolute atomic E-state index is 14.7. The summed E-state index contributed by atoms with van der Waals surface area (Å²) < 4.78 is 30.8. The van der Waals surface area contributed by atoms with Gasteiger partial charge in [-0.2, -0.15) is 0 Å². The summed E-state index contributed by atoms with van der Waals surface area (Å²) in [6, 6.07) is 24.0. The lowest BCUT2D eigenvalue weighted by Crippen LogP contribution is -2.48. The Kier molecular flexibility index (Phi) is 11.4. The van der Waals surface area contributed by atoms with Crippen molar-refractivity contribution in [1.82, 2.24) is 24.1 Å². The summed E-state index contributed by atoms with van der Waals surface area (Å²) in [5.74, 6) is -1.11. The van der Waals surface area contributed by atoms with E-state index >= 15 is 0 Å². The largest absolute Gasteiger partial charge is 0.337 e. The van der Waals surface area contributed by atoms with Crippen molar-refractivity contribution in [3.63, 3.8) is 0 Å². The van der Waals surface area contributed by atoms with Gasteiger partial charge in [0.25, 0.3) is 27.7 Å². The molecule has 1 aliphatic heterocycles. The summed E-state index contributed by atoms with van der Waals surface area (Å²) >= 11 is 0. The molecule has 3 N–H and O–H groups in total. The van der Waals surface area contributed by atoms with Crippen molar-refractivity contribution in [1.29, 1.82) is 0 Å². The number of hydrogen-bond donors (Lipinski definition) is 2. The van der Waals surface area contributed by atoms with Crippen molar-refractivity contribution in [2.45, 2.75) is 63.4 Å². The molecule has 5 aromatic rings. The van der Waals surface area contributed by atoms with Gasteiger partial charge in [-0.25, -0.2) is 18.1 Å². The monoisotopic (exact) mass is 734 g/mol. The second-order valence-electron chi connectivity index (χ2n) is 13.6. The Morgan fingerprint density at radius 2 is 1.57 bits per heavy atom. The zero-order valence-corrected chi connectivity index (χ0v) is 31.2. The second-order valence-corrected chi connectivity index (χ2v) is 15.2. The van der Waals surface area contributed by atoms with Crippen LogP contribution in [-0.4, -0.2) is 71.2 Å². The van der Waals surface area contributed by atoms with Crippen molar-refractivity contribution in [3.8, 4) is 11.4 Å². The highest BCUT2D eigenvalue weighted by Crippen LogP contribution is 2.30. The molecule has 3 amide bonds. The lowest BCUT2D eigenvalue weighted by atomic mass is 9.92. The first kappa shape index (κ1) is 37.4. The Morgan fingerprint density at radius 3 is 2.26 bits per heavy atom. The van der Waals surface area contributed by atoms with Gasteiger partial charge in [0.15, 0.2) is 0 Å². The van der Waals surface area contributed by atoms with E-state index in [0.29, 0.717) is 42.8 Å². The summed E-state index contributed by atoms with van der Waals surface area (Å²) in [6.45, 7) is 5.92. The number of hydrogen-bond acceptors (Lipinski definition) is 7. The predicted molar refractivity (Wildman–Crippen MR) is 206 cm³/mol. The number of benzene rings is 4. The number of carbonyl (C=O) groups is 3. The van der Waals surface area contributed by atoms with Gasteiger partial charge in [-0.15, -0.1) is 0 Å². The summed E-state index contributed by atoms with van der Waals surface area (Å²) in [5, 5.41) is 1.57. The number of nitrogens with one attached hydrogen (secondary N) is 1. The van der Waals surface area contributed by atoms with E-state index in [4.69, 9.17) is 10.7 Å². The fourth-order valence-electron chi connectivity index (χ4n) is 6.82. The molecule has 0 saturated heterocycles. The number of imidazole rings is 1. The van der Waals surface area contributed by atoms with Crippen LogP contribution in [0.15, 0.2) is 96.0 Å². The Bertz CT molecular complexity index is 2260. The SMILES string of the molecule is CCCCN(CCCC)C(=O)c1cn(C)c(-c2ccc(C(=O)NS(=O)(=O)c3ccc4ccccc4c3)cc2C(=O)N2Cc3ccccc3CC2CN)n1. The first-order chi connectivity index (χ1) is 25.5. The molecule has 1 aliphatic rings. The molecule has 276 valence electrons. The van der Waals surface area contributed by atoms with Crippen molar-refractivity contribution in [2.75, 3.05) is 19.6 Å². The quantitative estimate of drug-likeness (QED) is 0.153. The van der Waals surface area contributed by atoms with Crippen LogP contribution < -0.4 is 10.5 Å². The Labute approximate surface area is 310 Å². The Balaban J connectivity index is 1.39. The van der Waals surface area contributed by atoms with Crippen LogP contribution in [0, 0.1) is 0 Å². The highest BCUT2D eigenvalue weighted by Gasteiger charge is 2.33. The van der Waals surface area contributed by atoms with E-state index in [1.165, 1.54) is 24.3 Å². The van der Waals surface area contributed by atoms with Gasteiger partial charge in [0.05, 0.1) is 10.5 Å². The van der Waals surface area contributed by atoms with Crippen molar-refractivity contribution in [2.24, 2.45) is 12.8 Å². The Hall–Kier alpha value is -5.33. The summed E-state index contributed by atoms with van der Waals surface area (Å²) in [5.41, 5.74) is 9.09. The first-order valence-corrected chi connectivity index (χ1v) is 19.6. The van der Waals surface area contributed by atoms with Crippen LogP contribution in [0.3, 0.4) is 0 Å². The molecule has 1 atom stereocenters. The molecule has 53 heavy (non-hydrogen) atoms. The van der Waals surface area contributed by atoms with E-state index in [9.17, 15) is 22.8 Å². The second kappa shape index (κ2) is 16.1. The number of aryl methyl sites for hydroxylation is 1. The smallest absolute Gasteiger partial charge is 0.274 e. The molecular formula is C41H46N6O5S. The molecule has 0 saturated carbocycles. The van der Waals surface area contributed by atoms with Crippen LogP contribution in [-0.2, 0) is 30.0 Å². The molecule has 4 aromatic carbocycles. The average Bonchev–Trinajstić information content (AvgIpc) is 3.57. The average molecular weight is 735 g/mol. The van der Waals surface area contributed by atoms with E-state index in [-0.39, 0.29) is 46.1 Å². The predicted octanol–water partition coefficient (Wildman–Crippen LogP) is 5.93. The van der Waals surface area contributed by atoms with Crippen LogP contribution in [0.1, 0.15) is 81.9 Å². The number of amides is 3. The third-order valence-corrected chi connectivity index (χ3v) is 11.2. The molecule has 1 unspecified atom stereocenters. The summed E-state index contributed by atoms with van der Waals surface area (Å²) in [4.78, 5) is 50.3. The minimum absolute atomic E-state index is 0.0287. The molecule has 0 radical (unpaired) electrons. The lowest BCUT2D eigenvalue weighted by Gasteiger charge is -2.36. The maximum atomic E-state index is 14.7. The normalized spacial score (nSPS) is 14.2. The molecular weight excluding hydrogens is 689 g/mol. The summed E-state index contributed by atoms with van der Waals surface area (Å²) in [7, 11) is -2.51. The zero-order valence-electron chi connectivity index (χ0n) is 30.4. The third-order valence-electron chi connectivity index (χ3n) is 9.85. The van der Waals surface area contributed by atoms with Gasteiger partial charge in [0.1, 0.15) is 11.5 Å². The first-order valence-electron chi connectivity index (χ1n) is 18.1. The fourth-order valence-corrected chi connectivity index (χ4v) is 7.83. The Morgan fingerprint density at radius 1 is 0.887 bits per heavy atom. The number of nitrogens with zero attached hydrogens (tertiary/aromatic N) is 4. The van der Waals surface area contributed by atoms with E-state index in [1.807, 2.05) is 47.4 Å². The minimum Gasteiger partial charge on any atom is -0.337 e. The van der Waals surface area contributed by atoms with Gasteiger partial charge in [0, 0.05) is 56.6 Å². The van der Waals surface area contributed by atoms with Gasteiger partial charge in [-0.05, 0) is 71.5 Å². The lowest BCUT2D eigenvalue weighted by molar-refractivity contribution is 0.0648. The number of unbranched alkanes of at least 4 members (excludes halogenated alkanes) is 2. The van der Waals surface area contributed by atoms with Gasteiger partial charge in [-0.3, -0.25) is 14.4 Å². The number of sulfonamides is 1. The third kappa shape index (κ3) is 8.03. The van der Waals surface area contributed by atoms with Gasteiger partial charge >= 0.3 is 0 Å². The minimum atomic E-state index is -4.27. The van der Waals surface area contributed by atoms with Crippen LogP contribution in [0.4, 0.5) is 0 Å². The van der Waals surface area contributed by atoms with Gasteiger partial charge in [-0.1, -0.05) is 81.3 Å². The molecule has 0 bridgehead atoms. The zero-order chi connectivity index (χ0) is 37.7. The van der Waals surface area contributed by atoms with Crippen LogP contribution in [0.2, 0.25) is 0 Å². The van der Waals surface area contributed by atoms with Crippen LogP contribution in [0.5, 0.6) is 0 Å². The molecule has 2 heterocycles. The number of carbonyl (C=O) groups excluding carboxylic acids is 3. The summed E-state index contributed by atoms with van der Waals surface area (Å²) in [6.07, 6.45) is 5.86. The molecule has 0 fully saturated rings. The van der Waals surface area contributed by atoms with Crippen LogP contribution >= 0.6 is 0 Å². The molecule has 1 aromatic heterocycles. The van der Waals surface area contributed by atoms with E-state index in [0.717, 1.165) is 42.2 Å². The van der Waals surface area contributed by atoms with Gasteiger partial charge in [0.2, 0.25) is 0 Å². The standard InChI is InChI=1S/C41H46N6O5S/c1-4-6-20-46(21-7-5-2)41(50)37-27-45(3)38(43-37)35-19-17-31(39(48)44-53(51,52)34-18-16-28-12-8-9-14-30(28)23-34)24-36(35)40(49)47-26-32-15-11-10-13-29(32)22-33(47)25-42/h8-19,23-24,27,33H,4-7,20-22,25-26,42H2,1-3H3,(H,44,48). The fraction of sp³-hybridized carbons (Fsp3) is 0.317. The molecule has 0 aliphatic carbocycles. The molecule has 0 spiro atoms. The van der Waals surface area contributed by atoms with Crippen molar-refractivity contribution < 1.29 is 22.8 Å².